The standard InChI is InChI=1S/C26H24N4O4/c1-17(19-10-12-21(13-11-19)26(32)33)27-25(31)24-23(20-6-4-3-5-7-20)28-29-30(24)16-18-8-14-22(34-2)15-9-18/h3-15,17H,16H2,1-2H3,(H,27,31)(H,32,33)/t17-/m0/s1. The van der Waals surface area contributed by atoms with Crippen LogP contribution in [0.25, 0.3) is 11.3 Å². The highest BCUT2D eigenvalue weighted by Gasteiger charge is 2.23. The molecule has 4 aromatic rings. The van der Waals surface area contributed by atoms with Crippen LogP contribution in [-0.4, -0.2) is 39.1 Å². The van der Waals surface area contributed by atoms with Crippen molar-refractivity contribution in [2.24, 2.45) is 0 Å². The van der Waals surface area contributed by atoms with Crippen molar-refractivity contribution >= 4 is 11.9 Å². The molecule has 1 atom stereocenters. The van der Waals surface area contributed by atoms with Gasteiger partial charge in [0.15, 0.2) is 5.69 Å². The van der Waals surface area contributed by atoms with E-state index in [4.69, 9.17) is 9.84 Å². The number of aromatic carboxylic acids is 1. The Balaban J connectivity index is 1.63. The predicted octanol–water partition coefficient (Wildman–Crippen LogP) is 4.19. The number of nitrogens with one attached hydrogen (secondary N) is 1. The Kier molecular flexibility index (Phi) is 6.68. The topological polar surface area (TPSA) is 106 Å². The van der Waals surface area contributed by atoms with E-state index >= 15 is 0 Å². The Morgan fingerprint density at radius 1 is 1.00 bits per heavy atom. The molecule has 0 saturated heterocycles. The minimum atomic E-state index is -0.996. The van der Waals surface area contributed by atoms with Crippen LogP contribution in [0, 0.1) is 0 Å². The third kappa shape index (κ3) is 4.96. The van der Waals surface area contributed by atoms with Gasteiger partial charge in [0.2, 0.25) is 0 Å². The van der Waals surface area contributed by atoms with E-state index in [0.29, 0.717) is 17.9 Å². The number of carbonyl (C=O) groups excluding carboxylic acids is 1. The van der Waals surface area contributed by atoms with Crippen molar-refractivity contribution in [2.75, 3.05) is 7.11 Å². The third-order valence-corrected chi connectivity index (χ3v) is 5.49. The Morgan fingerprint density at radius 3 is 2.29 bits per heavy atom. The Labute approximate surface area is 196 Å². The maximum absolute atomic E-state index is 13.4. The molecule has 8 heteroatoms. The third-order valence-electron chi connectivity index (χ3n) is 5.49. The summed E-state index contributed by atoms with van der Waals surface area (Å²) in [6.07, 6.45) is 0. The quantitative estimate of drug-likeness (QED) is 0.412. The first kappa shape index (κ1) is 22.7. The minimum absolute atomic E-state index is 0.190. The molecule has 8 nitrogen and oxygen atoms in total. The molecule has 0 saturated carbocycles. The summed E-state index contributed by atoms with van der Waals surface area (Å²) in [5.74, 6) is -0.579. The van der Waals surface area contributed by atoms with Crippen LogP contribution >= 0.6 is 0 Å². The van der Waals surface area contributed by atoms with Crippen LogP contribution in [0.15, 0.2) is 78.9 Å². The molecule has 3 aromatic carbocycles. The molecule has 0 aliphatic rings. The molecule has 0 aliphatic heterocycles. The lowest BCUT2D eigenvalue weighted by molar-refractivity contribution is 0.0696. The zero-order valence-electron chi connectivity index (χ0n) is 18.8. The Bertz CT molecular complexity index is 1280. The van der Waals surface area contributed by atoms with Gasteiger partial charge in [-0.3, -0.25) is 4.79 Å². The van der Waals surface area contributed by atoms with Crippen LogP contribution in [0.3, 0.4) is 0 Å². The fourth-order valence-corrected chi connectivity index (χ4v) is 3.61. The van der Waals surface area contributed by atoms with Crippen molar-refractivity contribution in [3.8, 4) is 17.0 Å². The summed E-state index contributed by atoms with van der Waals surface area (Å²) >= 11 is 0. The van der Waals surface area contributed by atoms with Crippen LogP contribution in [0.1, 0.15) is 44.9 Å². The van der Waals surface area contributed by atoms with Crippen LogP contribution in [0.4, 0.5) is 0 Å². The minimum Gasteiger partial charge on any atom is -0.497 e. The van der Waals surface area contributed by atoms with E-state index in [9.17, 15) is 9.59 Å². The highest BCUT2D eigenvalue weighted by molar-refractivity contribution is 5.98. The average molecular weight is 457 g/mol. The lowest BCUT2D eigenvalue weighted by Crippen LogP contribution is -2.29. The van der Waals surface area contributed by atoms with E-state index in [-0.39, 0.29) is 17.5 Å². The number of benzene rings is 3. The number of hydrogen-bond acceptors (Lipinski definition) is 5. The summed E-state index contributed by atoms with van der Waals surface area (Å²) in [6.45, 7) is 2.20. The van der Waals surface area contributed by atoms with Crippen molar-refractivity contribution in [2.45, 2.75) is 19.5 Å². The predicted molar refractivity (Wildman–Crippen MR) is 127 cm³/mol. The molecule has 34 heavy (non-hydrogen) atoms. The molecule has 0 spiro atoms. The van der Waals surface area contributed by atoms with Crippen LogP contribution in [0.5, 0.6) is 5.75 Å². The van der Waals surface area contributed by atoms with E-state index in [1.165, 1.54) is 12.1 Å². The van der Waals surface area contributed by atoms with Crippen LogP contribution in [-0.2, 0) is 6.54 Å². The largest absolute Gasteiger partial charge is 0.497 e. The van der Waals surface area contributed by atoms with E-state index in [0.717, 1.165) is 22.4 Å². The van der Waals surface area contributed by atoms with Gasteiger partial charge >= 0.3 is 5.97 Å². The molecule has 0 unspecified atom stereocenters. The van der Waals surface area contributed by atoms with Crippen molar-refractivity contribution in [3.05, 3.63) is 101 Å². The van der Waals surface area contributed by atoms with Crippen molar-refractivity contribution in [1.29, 1.82) is 0 Å². The Morgan fingerprint density at radius 2 is 1.68 bits per heavy atom. The number of methoxy groups -OCH3 is 1. The number of hydrogen-bond donors (Lipinski definition) is 2. The number of amides is 1. The van der Waals surface area contributed by atoms with E-state index in [1.807, 2.05) is 61.5 Å². The Hall–Kier alpha value is -4.46. The first-order valence-corrected chi connectivity index (χ1v) is 10.7. The van der Waals surface area contributed by atoms with Gasteiger partial charge in [-0.25, -0.2) is 9.48 Å². The molecule has 1 amide bonds. The van der Waals surface area contributed by atoms with Gasteiger partial charge in [0.05, 0.1) is 25.3 Å². The molecule has 0 fully saturated rings. The summed E-state index contributed by atoms with van der Waals surface area (Å²) in [4.78, 5) is 24.6. The second kappa shape index (κ2) is 9.99. The van der Waals surface area contributed by atoms with Gasteiger partial charge in [0.1, 0.15) is 11.4 Å². The molecule has 2 N–H and O–H groups in total. The first-order chi connectivity index (χ1) is 16.5. The normalized spacial score (nSPS) is 11.6. The monoisotopic (exact) mass is 456 g/mol. The highest BCUT2D eigenvalue weighted by Crippen LogP contribution is 2.23. The number of aromatic nitrogens is 3. The summed E-state index contributed by atoms with van der Waals surface area (Å²) < 4.78 is 6.80. The first-order valence-electron chi connectivity index (χ1n) is 10.7. The fourth-order valence-electron chi connectivity index (χ4n) is 3.61. The average Bonchev–Trinajstić information content (AvgIpc) is 3.28. The molecule has 1 heterocycles. The van der Waals surface area contributed by atoms with Gasteiger partial charge in [-0.05, 0) is 42.3 Å². The fraction of sp³-hybridized carbons (Fsp3) is 0.154. The van der Waals surface area contributed by atoms with Crippen molar-refractivity contribution < 1.29 is 19.4 Å². The summed E-state index contributed by atoms with van der Waals surface area (Å²) in [7, 11) is 1.61. The number of carboxylic acids is 1. The maximum Gasteiger partial charge on any atom is 0.335 e. The van der Waals surface area contributed by atoms with Gasteiger partial charge in [0.25, 0.3) is 5.91 Å². The second-order valence-electron chi connectivity index (χ2n) is 7.78. The summed E-state index contributed by atoms with van der Waals surface area (Å²) in [5.41, 5.74) is 3.53. The lowest BCUT2D eigenvalue weighted by atomic mass is 10.1. The number of nitrogens with zero attached hydrogens (tertiary/aromatic N) is 3. The van der Waals surface area contributed by atoms with Crippen molar-refractivity contribution in [1.82, 2.24) is 20.3 Å². The lowest BCUT2D eigenvalue weighted by Gasteiger charge is -2.16. The van der Waals surface area contributed by atoms with Crippen LogP contribution in [0.2, 0.25) is 0 Å². The maximum atomic E-state index is 13.4. The zero-order valence-corrected chi connectivity index (χ0v) is 18.8. The van der Waals surface area contributed by atoms with Crippen LogP contribution < -0.4 is 10.1 Å². The second-order valence-corrected chi connectivity index (χ2v) is 7.78. The van der Waals surface area contributed by atoms with Gasteiger partial charge in [-0.15, -0.1) is 5.10 Å². The van der Waals surface area contributed by atoms with E-state index < -0.39 is 5.97 Å². The molecular formula is C26H24N4O4. The number of rotatable bonds is 8. The SMILES string of the molecule is COc1ccc(Cn2nnc(-c3ccccc3)c2C(=O)N[C@@H](C)c2ccc(C(=O)O)cc2)cc1. The molecule has 0 bridgehead atoms. The molecule has 0 radical (unpaired) electrons. The van der Waals surface area contributed by atoms with Gasteiger partial charge in [-0.2, -0.15) is 0 Å². The number of carbonyl (C=O) groups is 2. The molecule has 0 aliphatic carbocycles. The van der Waals surface area contributed by atoms with Crippen molar-refractivity contribution in [3.63, 3.8) is 0 Å². The summed E-state index contributed by atoms with van der Waals surface area (Å²) in [5, 5.41) is 20.7. The summed E-state index contributed by atoms with van der Waals surface area (Å²) in [6, 6.07) is 23.0. The number of carboxylic acid groups (broad SMARTS) is 1. The highest BCUT2D eigenvalue weighted by atomic mass is 16.5. The molecular weight excluding hydrogens is 432 g/mol. The van der Waals surface area contributed by atoms with Gasteiger partial charge < -0.3 is 15.2 Å². The van der Waals surface area contributed by atoms with Gasteiger partial charge in [-0.1, -0.05) is 59.8 Å². The zero-order chi connectivity index (χ0) is 24.1. The van der Waals surface area contributed by atoms with Gasteiger partial charge in [0, 0.05) is 5.56 Å². The van der Waals surface area contributed by atoms with E-state index in [2.05, 4.69) is 15.6 Å². The molecule has 4 rings (SSSR count). The number of ether oxygens (including phenoxy) is 1. The van der Waals surface area contributed by atoms with E-state index in [1.54, 1.807) is 23.9 Å². The molecule has 172 valence electrons. The molecule has 1 aromatic heterocycles. The smallest absolute Gasteiger partial charge is 0.335 e.